The van der Waals surface area contributed by atoms with Crippen molar-refractivity contribution < 1.29 is 17.6 Å². The Morgan fingerprint density at radius 2 is 1.76 bits per heavy atom. The third kappa shape index (κ3) is 5.19. The summed E-state index contributed by atoms with van der Waals surface area (Å²) in [5, 5.41) is 0. The molecule has 0 saturated carbocycles. The molecule has 0 aliphatic carbocycles. The van der Waals surface area contributed by atoms with Crippen molar-refractivity contribution in [2.24, 2.45) is 5.92 Å². The van der Waals surface area contributed by atoms with Gasteiger partial charge in [-0.25, -0.2) is 8.42 Å². The van der Waals surface area contributed by atoms with Crippen LogP contribution in [0.4, 0.5) is 0 Å². The predicted molar refractivity (Wildman–Crippen MR) is 96.8 cm³/mol. The summed E-state index contributed by atoms with van der Waals surface area (Å²) in [6, 6.07) is 10.2. The van der Waals surface area contributed by atoms with Crippen molar-refractivity contribution in [3.63, 3.8) is 0 Å². The first kappa shape index (κ1) is 19.2. The average Bonchev–Trinajstić information content (AvgIpc) is 3.04. The molecule has 0 fully saturated rings. The lowest BCUT2D eigenvalue weighted by molar-refractivity contribution is -0.134. The Morgan fingerprint density at radius 1 is 1.12 bits per heavy atom. The summed E-state index contributed by atoms with van der Waals surface area (Å²) >= 11 is 0. The molecule has 25 heavy (non-hydrogen) atoms. The van der Waals surface area contributed by atoms with Gasteiger partial charge in [0.2, 0.25) is 5.91 Å². The second-order valence-corrected chi connectivity index (χ2v) is 8.69. The first-order valence-corrected chi connectivity index (χ1v) is 10.2. The molecule has 0 unspecified atom stereocenters. The molecule has 0 N–H and O–H groups in total. The molecule has 0 aliphatic heterocycles. The van der Waals surface area contributed by atoms with Crippen LogP contribution in [-0.4, -0.2) is 31.5 Å². The molecule has 5 nitrogen and oxygen atoms in total. The first-order valence-electron chi connectivity index (χ1n) is 8.29. The molecule has 0 radical (unpaired) electrons. The summed E-state index contributed by atoms with van der Waals surface area (Å²) in [7, 11) is -3.23. The minimum Gasteiger partial charge on any atom is -0.467 e. The van der Waals surface area contributed by atoms with Crippen LogP contribution in [0.2, 0.25) is 0 Å². The summed E-state index contributed by atoms with van der Waals surface area (Å²) in [5.41, 5.74) is 0.790. The number of hydrogen-bond acceptors (Lipinski definition) is 4. The number of benzene rings is 1. The van der Waals surface area contributed by atoms with Crippen LogP contribution >= 0.6 is 0 Å². The number of rotatable bonds is 7. The van der Waals surface area contributed by atoms with Crippen molar-refractivity contribution in [3.05, 3.63) is 54.0 Å². The number of carbonyl (C=O) groups is 1. The van der Waals surface area contributed by atoms with Crippen LogP contribution in [0.15, 0.2) is 52.0 Å². The Labute approximate surface area is 149 Å². The highest BCUT2D eigenvalue weighted by Gasteiger charge is 2.24. The molecule has 0 saturated heterocycles. The highest BCUT2D eigenvalue weighted by atomic mass is 32.2. The Hall–Kier alpha value is -2.08. The van der Waals surface area contributed by atoms with E-state index in [-0.39, 0.29) is 23.3 Å². The fraction of sp³-hybridized carbons (Fsp3) is 0.421. The van der Waals surface area contributed by atoms with Crippen LogP contribution in [0, 0.1) is 5.92 Å². The summed E-state index contributed by atoms with van der Waals surface area (Å²) in [4.78, 5) is 14.9. The van der Waals surface area contributed by atoms with Gasteiger partial charge in [-0.1, -0.05) is 26.0 Å². The highest BCUT2D eigenvalue weighted by Crippen LogP contribution is 2.18. The van der Waals surface area contributed by atoms with Gasteiger partial charge in [0.1, 0.15) is 5.76 Å². The summed E-state index contributed by atoms with van der Waals surface area (Å²) in [6.07, 6.45) is 2.99. The normalized spacial score (nSPS) is 13.0. The van der Waals surface area contributed by atoms with Crippen LogP contribution in [0.1, 0.15) is 32.1 Å². The second-order valence-electron chi connectivity index (χ2n) is 6.68. The predicted octanol–water partition coefficient (Wildman–Crippen LogP) is 3.30. The Balaban J connectivity index is 2.15. The van der Waals surface area contributed by atoms with Crippen molar-refractivity contribution >= 4 is 15.7 Å². The van der Waals surface area contributed by atoms with E-state index in [0.717, 1.165) is 11.3 Å². The number of sulfone groups is 1. The number of furan rings is 1. The summed E-state index contributed by atoms with van der Waals surface area (Å²) < 4.78 is 28.4. The van der Waals surface area contributed by atoms with Gasteiger partial charge in [-0.05, 0) is 42.7 Å². The molecule has 6 heteroatoms. The third-order valence-electron chi connectivity index (χ3n) is 4.39. The van der Waals surface area contributed by atoms with E-state index < -0.39 is 9.84 Å². The van der Waals surface area contributed by atoms with Crippen LogP contribution < -0.4 is 0 Å². The lowest BCUT2D eigenvalue weighted by atomic mass is 10.0. The SMILES string of the molecule is CC(C)[C@@H](C)N(Cc1ccco1)C(=O)Cc1ccc(S(C)(=O)=O)cc1. The number of nitrogens with zero attached hydrogens (tertiary/aromatic N) is 1. The lowest BCUT2D eigenvalue weighted by Gasteiger charge is -2.31. The molecule has 0 aliphatic rings. The fourth-order valence-electron chi connectivity index (χ4n) is 2.52. The minimum absolute atomic E-state index is 0.00953. The van der Waals surface area contributed by atoms with E-state index in [1.54, 1.807) is 30.5 Å². The average molecular weight is 363 g/mol. The van der Waals surface area contributed by atoms with E-state index in [0.29, 0.717) is 12.5 Å². The lowest BCUT2D eigenvalue weighted by Crippen LogP contribution is -2.41. The zero-order valence-electron chi connectivity index (χ0n) is 15.1. The van der Waals surface area contributed by atoms with E-state index >= 15 is 0 Å². The van der Waals surface area contributed by atoms with Crippen molar-refractivity contribution in [3.8, 4) is 0 Å². The molecule has 1 amide bonds. The van der Waals surface area contributed by atoms with Crippen LogP contribution in [-0.2, 0) is 27.6 Å². The molecular weight excluding hydrogens is 338 g/mol. The summed E-state index contributed by atoms with van der Waals surface area (Å²) in [6.45, 7) is 6.60. The largest absolute Gasteiger partial charge is 0.467 e. The van der Waals surface area contributed by atoms with Gasteiger partial charge < -0.3 is 9.32 Å². The van der Waals surface area contributed by atoms with Gasteiger partial charge >= 0.3 is 0 Å². The maximum absolute atomic E-state index is 12.8. The quantitative estimate of drug-likeness (QED) is 0.757. The molecule has 2 aromatic rings. The van der Waals surface area contributed by atoms with E-state index in [2.05, 4.69) is 13.8 Å². The van der Waals surface area contributed by atoms with E-state index in [1.807, 2.05) is 24.0 Å². The number of carbonyl (C=O) groups excluding carboxylic acids is 1. The molecule has 0 spiro atoms. The maximum Gasteiger partial charge on any atom is 0.227 e. The minimum atomic E-state index is -3.23. The Bertz CT molecular complexity index is 792. The molecule has 1 heterocycles. The smallest absolute Gasteiger partial charge is 0.227 e. The van der Waals surface area contributed by atoms with E-state index in [9.17, 15) is 13.2 Å². The third-order valence-corrected chi connectivity index (χ3v) is 5.52. The van der Waals surface area contributed by atoms with Crippen molar-refractivity contribution in [1.29, 1.82) is 0 Å². The Morgan fingerprint density at radius 3 is 2.24 bits per heavy atom. The van der Waals surface area contributed by atoms with Crippen LogP contribution in [0.3, 0.4) is 0 Å². The first-order chi connectivity index (χ1) is 11.7. The topological polar surface area (TPSA) is 67.6 Å². The molecule has 0 bridgehead atoms. The van der Waals surface area contributed by atoms with Gasteiger partial charge in [-0.3, -0.25) is 4.79 Å². The van der Waals surface area contributed by atoms with Crippen molar-refractivity contribution in [2.45, 2.75) is 44.7 Å². The molecule has 1 aromatic carbocycles. The highest BCUT2D eigenvalue weighted by molar-refractivity contribution is 7.90. The zero-order chi connectivity index (χ0) is 18.6. The molecule has 2 rings (SSSR count). The van der Waals surface area contributed by atoms with Gasteiger partial charge in [-0.15, -0.1) is 0 Å². The molecule has 1 aromatic heterocycles. The monoisotopic (exact) mass is 363 g/mol. The van der Waals surface area contributed by atoms with Gasteiger partial charge in [0.25, 0.3) is 0 Å². The van der Waals surface area contributed by atoms with Crippen LogP contribution in [0.5, 0.6) is 0 Å². The fourth-order valence-corrected chi connectivity index (χ4v) is 3.15. The van der Waals surface area contributed by atoms with E-state index in [1.165, 1.54) is 6.26 Å². The molecular formula is C19H25NO4S. The van der Waals surface area contributed by atoms with Crippen molar-refractivity contribution in [1.82, 2.24) is 4.90 Å². The van der Waals surface area contributed by atoms with Crippen molar-refractivity contribution in [2.75, 3.05) is 6.26 Å². The van der Waals surface area contributed by atoms with Gasteiger partial charge in [0, 0.05) is 12.3 Å². The standard InChI is InChI=1S/C19H25NO4S/c1-14(2)15(3)20(13-17-6-5-11-24-17)19(21)12-16-7-9-18(10-8-16)25(4,22)23/h5-11,14-15H,12-13H2,1-4H3/t15-/m1/s1. The van der Waals surface area contributed by atoms with E-state index in [4.69, 9.17) is 4.42 Å². The summed E-state index contributed by atoms with van der Waals surface area (Å²) in [5.74, 6) is 1.05. The zero-order valence-corrected chi connectivity index (χ0v) is 15.9. The van der Waals surface area contributed by atoms with Crippen LogP contribution in [0.25, 0.3) is 0 Å². The number of amides is 1. The van der Waals surface area contributed by atoms with Gasteiger partial charge in [0.05, 0.1) is 24.1 Å². The van der Waals surface area contributed by atoms with Gasteiger partial charge in [-0.2, -0.15) is 0 Å². The van der Waals surface area contributed by atoms with Gasteiger partial charge in [0.15, 0.2) is 9.84 Å². The molecule has 1 atom stereocenters. The molecule has 136 valence electrons. The number of hydrogen-bond donors (Lipinski definition) is 0. The maximum atomic E-state index is 12.8. The second kappa shape index (κ2) is 7.87. The Kier molecular flexibility index (Phi) is 6.06.